The smallest absolute Gasteiger partial charge is 0.308 e. The van der Waals surface area contributed by atoms with Gasteiger partial charge in [-0.3, -0.25) is 9.59 Å². The number of benzene rings is 1. The Morgan fingerprint density at radius 3 is 2.70 bits per heavy atom. The van der Waals surface area contributed by atoms with Gasteiger partial charge in [0.2, 0.25) is 0 Å². The summed E-state index contributed by atoms with van der Waals surface area (Å²) in [5.74, 6) is -2.59. The first-order chi connectivity index (χ1) is 9.54. The molecule has 6 heteroatoms. The van der Waals surface area contributed by atoms with E-state index < -0.39 is 23.6 Å². The summed E-state index contributed by atoms with van der Waals surface area (Å²) >= 11 is 0. The number of hydrogen-bond donors (Lipinski definition) is 2. The van der Waals surface area contributed by atoms with Crippen molar-refractivity contribution in [3.8, 4) is 5.75 Å². The Bertz CT molecular complexity index is 464. The number of aliphatic carboxylic acids is 1. The van der Waals surface area contributed by atoms with Gasteiger partial charge in [0.1, 0.15) is 0 Å². The molecule has 2 N–H and O–H groups in total. The van der Waals surface area contributed by atoms with E-state index in [4.69, 9.17) is 9.84 Å². The van der Waals surface area contributed by atoms with Crippen LogP contribution in [-0.4, -0.2) is 30.1 Å². The van der Waals surface area contributed by atoms with Gasteiger partial charge in [0, 0.05) is 6.54 Å². The number of para-hydroxylation sites is 1. The quantitative estimate of drug-likeness (QED) is 0.763. The molecule has 1 rings (SSSR count). The van der Waals surface area contributed by atoms with Crippen LogP contribution in [0.4, 0.5) is 4.39 Å². The number of carbonyl (C=O) groups excluding carboxylic acids is 1. The van der Waals surface area contributed by atoms with Crippen molar-refractivity contribution in [3.05, 3.63) is 30.1 Å². The molecule has 0 bridgehead atoms. The Morgan fingerprint density at radius 2 is 2.10 bits per heavy atom. The van der Waals surface area contributed by atoms with Crippen molar-refractivity contribution in [3.63, 3.8) is 0 Å². The molecule has 0 heterocycles. The fourth-order valence-corrected chi connectivity index (χ4v) is 1.65. The summed E-state index contributed by atoms with van der Waals surface area (Å²) in [6.45, 7) is 1.57. The van der Waals surface area contributed by atoms with Gasteiger partial charge in [0.25, 0.3) is 5.91 Å². The highest BCUT2D eigenvalue weighted by molar-refractivity contribution is 5.78. The highest BCUT2D eigenvalue weighted by atomic mass is 19.1. The van der Waals surface area contributed by atoms with E-state index >= 15 is 0 Å². The standard InChI is InChI=1S/C14H18FNO4/c1-2-5-10(14(18)19)8-16-13(17)9-20-12-7-4-3-6-11(12)15/h3-4,6-7,10H,2,5,8-9H2,1H3,(H,16,17)(H,18,19). The molecule has 1 atom stereocenters. The van der Waals surface area contributed by atoms with Crippen molar-refractivity contribution in [1.29, 1.82) is 0 Å². The summed E-state index contributed by atoms with van der Waals surface area (Å²) in [5.41, 5.74) is 0. The van der Waals surface area contributed by atoms with Crippen LogP contribution in [0, 0.1) is 11.7 Å². The number of halogens is 1. The van der Waals surface area contributed by atoms with Gasteiger partial charge in [-0.05, 0) is 18.6 Å². The van der Waals surface area contributed by atoms with Crippen LogP contribution in [0.25, 0.3) is 0 Å². The van der Waals surface area contributed by atoms with Crippen molar-refractivity contribution in [2.75, 3.05) is 13.2 Å². The predicted octanol–water partition coefficient (Wildman–Crippen LogP) is 1.82. The Kier molecular flexibility index (Phi) is 6.49. The van der Waals surface area contributed by atoms with Gasteiger partial charge in [-0.2, -0.15) is 0 Å². The van der Waals surface area contributed by atoms with Gasteiger partial charge in [-0.25, -0.2) is 4.39 Å². The van der Waals surface area contributed by atoms with Crippen LogP contribution in [0.2, 0.25) is 0 Å². The summed E-state index contributed by atoms with van der Waals surface area (Å²) in [6, 6.07) is 5.76. The summed E-state index contributed by atoms with van der Waals surface area (Å²) in [5, 5.41) is 11.4. The second-order valence-electron chi connectivity index (χ2n) is 4.35. The fraction of sp³-hybridized carbons (Fsp3) is 0.429. The number of carbonyl (C=O) groups is 2. The molecular weight excluding hydrogens is 265 g/mol. The van der Waals surface area contributed by atoms with Crippen LogP contribution in [0.15, 0.2) is 24.3 Å². The SMILES string of the molecule is CCCC(CNC(=O)COc1ccccc1F)C(=O)O. The van der Waals surface area contributed by atoms with E-state index in [0.717, 1.165) is 6.42 Å². The molecule has 0 radical (unpaired) electrons. The number of amides is 1. The number of hydrogen-bond acceptors (Lipinski definition) is 3. The number of ether oxygens (including phenoxy) is 1. The molecule has 0 spiro atoms. The van der Waals surface area contributed by atoms with Crippen molar-refractivity contribution < 1.29 is 23.8 Å². The zero-order valence-corrected chi connectivity index (χ0v) is 11.3. The molecule has 1 amide bonds. The highest BCUT2D eigenvalue weighted by Gasteiger charge is 2.17. The summed E-state index contributed by atoms with van der Waals surface area (Å²) in [6.07, 6.45) is 1.21. The molecule has 1 aromatic carbocycles. The zero-order valence-electron chi connectivity index (χ0n) is 11.3. The Hall–Kier alpha value is -2.11. The van der Waals surface area contributed by atoms with Gasteiger partial charge >= 0.3 is 5.97 Å². The lowest BCUT2D eigenvalue weighted by Gasteiger charge is -2.12. The van der Waals surface area contributed by atoms with Crippen LogP contribution in [-0.2, 0) is 9.59 Å². The first-order valence-corrected chi connectivity index (χ1v) is 6.41. The minimum atomic E-state index is -0.942. The first-order valence-electron chi connectivity index (χ1n) is 6.41. The number of rotatable bonds is 8. The monoisotopic (exact) mass is 283 g/mol. The number of nitrogens with one attached hydrogen (secondary N) is 1. The van der Waals surface area contributed by atoms with Crippen molar-refractivity contribution >= 4 is 11.9 Å². The molecule has 1 aromatic rings. The molecule has 110 valence electrons. The van der Waals surface area contributed by atoms with E-state index in [1.54, 1.807) is 6.07 Å². The maximum atomic E-state index is 13.2. The van der Waals surface area contributed by atoms with Crippen molar-refractivity contribution in [2.24, 2.45) is 5.92 Å². The van der Waals surface area contributed by atoms with Gasteiger partial charge in [-0.15, -0.1) is 0 Å². The normalized spacial score (nSPS) is 11.7. The zero-order chi connectivity index (χ0) is 15.0. The molecular formula is C14H18FNO4. The molecule has 0 aliphatic carbocycles. The van der Waals surface area contributed by atoms with Crippen LogP contribution in [0.1, 0.15) is 19.8 Å². The molecule has 0 aromatic heterocycles. The molecule has 1 unspecified atom stereocenters. The van der Waals surface area contributed by atoms with Gasteiger partial charge in [-0.1, -0.05) is 25.5 Å². The molecule has 0 aliphatic heterocycles. The Balaban J connectivity index is 2.37. The molecule has 5 nitrogen and oxygen atoms in total. The van der Waals surface area contributed by atoms with E-state index in [2.05, 4.69) is 5.32 Å². The van der Waals surface area contributed by atoms with Crippen molar-refractivity contribution in [2.45, 2.75) is 19.8 Å². The molecule has 20 heavy (non-hydrogen) atoms. The van der Waals surface area contributed by atoms with Crippen LogP contribution in [0.5, 0.6) is 5.75 Å². The third kappa shape index (κ3) is 5.26. The maximum Gasteiger partial charge on any atom is 0.308 e. The third-order valence-electron chi connectivity index (χ3n) is 2.73. The topological polar surface area (TPSA) is 75.6 Å². The lowest BCUT2D eigenvalue weighted by molar-refractivity contribution is -0.142. The lowest BCUT2D eigenvalue weighted by atomic mass is 10.0. The largest absolute Gasteiger partial charge is 0.481 e. The average molecular weight is 283 g/mol. The van der Waals surface area contributed by atoms with Gasteiger partial charge in [0.15, 0.2) is 18.2 Å². The summed E-state index contributed by atoms with van der Waals surface area (Å²) in [7, 11) is 0. The third-order valence-corrected chi connectivity index (χ3v) is 2.73. The fourth-order valence-electron chi connectivity index (χ4n) is 1.65. The Morgan fingerprint density at radius 1 is 1.40 bits per heavy atom. The van der Waals surface area contributed by atoms with Gasteiger partial charge < -0.3 is 15.2 Å². The minimum absolute atomic E-state index is 0.00834. The predicted molar refractivity (Wildman–Crippen MR) is 70.9 cm³/mol. The molecule has 0 saturated heterocycles. The number of carboxylic acids is 1. The van der Waals surface area contributed by atoms with E-state index in [9.17, 15) is 14.0 Å². The highest BCUT2D eigenvalue weighted by Crippen LogP contribution is 2.14. The van der Waals surface area contributed by atoms with Gasteiger partial charge in [0.05, 0.1) is 5.92 Å². The summed E-state index contributed by atoms with van der Waals surface area (Å²) in [4.78, 5) is 22.4. The maximum absolute atomic E-state index is 13.2. The Labute approximate surface area is 116 Å². The van der Waals surface area contributed by atoms with Crippen LogP contribution >= 0.6 is 0 Å². The van der Waals surface area contributed by atoms with Crippen molar-refractivity contribution in [1.82, 2.24) is 5.32 Å². The average Bonchev–Trinajstić information content (AvgIpc) is 2.42. The van der Waals surface area contributed by atoms with E-state index in [1.807, 2.05) is 6.92 Å². The second kappa shape index (κ2) is 8.14. The molecule has 0 saturated carbocycles. The summed E-state index contributed by atoms with van der Waals surface area (Å²) < 4.78 is 18.2. The van der Waals surface area contributed by atoms with E-state index in [0.29, 0.717) is 6.42 Å². The second-order valence-corrected chi connectivity index (χ2v) is 4.35. The van der Waals surface area contributed by atoms with E-state index in [1.165, 1.54) is 18.2 Å². The first kappa shape index (κ1) is 15.9. The van der Waals surface area contributed by atoms with Crippen LogP contribution in [0.3, 0.4) is 0 Å². The number of carboxylic acid groups (broad SMARTS) is 1. The molecule has 0 aliphatic rings. The molecule has 0 fully saturated rings. The van der Waals surface area contributed by atoms with Crippen LogP contribution < -0.4 is 10.1 Å². The lowest BCUT2D eigenvalue weighted by Crippen LogP contribution is -2.35. The minimum Gasteiger partial charge on any atom is -0.481 e. The van der Waals surface area contributed by atoms with E-state index in [-0.39, 0.29) is 18.9 Å².